The van der Waals surface area contributed by atoms with Crippen LogP contribution < -0.4 is 0 Å². The lowest BCUT2D eigenvalue weighted by Crippen LogP contribution is -2.05. The first-order valence-corrected chi connectivity index (χ1v) is 6.77. The highest BCUT2D eigenvalue weighted by Gasteiger charge is 2.30. The monoisotopic (exact) mass is 266 g/mol. The van der Waals surface area contributed by atoms with Gasteiger partial charge in [-0.05, 0) is 42.1 Å². The van der Waals surface area contributed by atoms with Crippen molar-refractivity contribution in [3.8, 4) is 0 Å². The van der Waals surface area contributed by atoms with Crippen LogP contribution in [0.1, 0.15) is 25.7 Å². The molecule has 0 aromatic rings. The third-order valence-corrected chi connectivity index (χ3v) is 3.49. The van der Waals surface area contributed by atoms with Gasteiger partial charge in [-0.3, -0.25) is 9.59 Å². The minimum atomic E-state index is -0.391. The summed E-state index contributed by atoms with van der Waals surface area (Å²) in [6, 6.07) is 0. The molecule has 0 radical (unpaired) electrons. The molecule has 0 N–H and O–H groups in total. The molecule has 1 fully saturated rings. The lowest BCUT2D eigenvalue weighted by molar-refractivity contribution is -0.132. The SMILES string of the molecule is C=C/C=C\CC1=C(/C=C2\C(=C)CC(=O)C2=O)CCC=C1. The maximum absolute atomic E-state index is 11.8. The molecule has 2 aliphatic rings. The Morgan fingerprint density at radius 1 is 1.30 bits per heavy atom. The van der Waals surface area contributed by atoms with Gasteiger partial charge in [0.2, 0.25) is 11.6 Å². The van der Waals surface area contributed by atoms with E-state index in [1.165, 1.54) is 5.57 Å². The van der Waals surface area contributed by atoms with E-state index in [-0.39, 0.29) is 12.2 Å². The fourth-order valence-corrected chi connectivity index (χ4v) is 2.41. The lowest BCUT2D eigenvalue weighted by Gasteiger charge is -2.12. The number of hydrogen-bond acceptors (Lipinski definition) is 2. The molecule has 2 nitrogen and oxygen atoms in total. The summed E-state index contributed by atoms with van der Waals surface area (Å²) in [5.74, 6) is -0.737. The number of allylic oxidation sites excluding steroid dienone is 10. The van der Waals surface area contributed by atoms with Crippen molar-refractivity contribution >= 4 is 11.6 Å². The molecule has 2 rings (SSSR count). The molecule has 0 bridgehead atoms. The molecule has 0 heterocycles. The first kappa shape index (κ1) is 14.2. The Kier molecular flexibility index (Phi) is 4.46. The number of ketones is 2. The summed E-state index contributed by atoms with van der Waals surface area (Å²) in [4.78, 5) is 23.2. The number of Topliss-reactive ketones (excluding diaryl/α,β-unsaturated/α-hetero) is 2. The summed E-state index contributed by atoms with van der Waals surface area (Å²) < 4.78 is 0. The molecule has 2 aliphatic carbocycles. The molecule has 2 heteroatoms. The number of carbonyl (C=O) groups excluding carboxylic acids is 2. The van der Waals surface area contributed by atoms with Gasteiger partial charge in [0.05, 0.1) is 0 Å². The van der Waals surface area contributed by atoms with Gasteiger partial charge in [-0.25, -0.2) is 0 Å². The largest absolute Gasteiger partial charge is 0.290 e. The van der Waals surface area contributed by atoms with Crippen molar-refractivity contribution in [1.29, 1.82) is 0 Å². The quantitative estimate of drug-likeness (QED) is 0.441. The Hall–Kier alpha value is -2.22. The normalized spacial score (nSPS) is 21.6. The standard InChI is InChI=1S/C18H18O2/c1-3-4-5-8-14-9-6-7-10-15(14)12-16-13(2)11-17(19)18(16)20/h3-6,9,12H,1-2,7-8,10-11H2/b5-4-,16-12+. The van der Waals surface area contributed by atoms with Crippen LogP contribution in [-0.2, 0) is 9.59 Å². The average molecular weight is 266 g/mol. The van der Waals surface area contributed by atoms with Crippen molar-refractivity contribution in [2.45, 2.75) is 25.7 Å². The number of hydrogen-bond donors (Lipinski definition) is 0. The van der Waals surface area contributed by atoms with Crippen LogP contribution in [0.25, 0.3) is 0 Å². The maximum atomic E-state index is 11.8. The third-order valence-electron chi connectivity index (χ3n) is 3.49. The van der Waals surface area contributed by atoms with Crippen molar-refractivity contribution in [3.05, 3.63) is 71.9 Å². The van der Waals surface area contributed by atoms with Crippen molar-refractivity contribution in [2.24, 2.45) is 0 Å². The summed E-state index contributed by atoms with van der Waals surface area (Å²) in [5, 5.41) is 0. The van der Waals surface area contributed by atoms with E-state index in [0.29, 0.717) is 11.1 Å². The summed E-state index contributed by atoms with van der Waals surface area (Å²) in [6.07, 6.45) is 14.6. The zero-order valence-electron chi connectivity index (χ0n) is 11.5. The van der Waals surface area contributed by atoms with Gasteiger partial charge in [0.15, 0.2) is 0 Å². The van der Waals surface area contributed by atoms with Crippen molar-refractivity contribution < 1.29 is 9.59 Å². The van der Waals surface area contributed by atoms with Crippen LogP contribution in [-0.4, -0.2) is 11.6 Å². The summed E-state index contributed by atoms with van der Waals surface area (Å²) in [6.45, 7) is 7.47. The van der Waals surface area contributed by atoms with E-state index >= 15 is 0 Å². The zero-order chi connectivity index (χ0) is 14.5. The summed E-state index contributed by atoms with van der Waals surface area (Å²) in [5.41, 5.74) is 3.44. The minimum Gasteiger partial charge on any atom is -0.290 e. The smallest absolute Gasteiger partial charge is 0.229 e. The molecular formula is C18H18O2. The third kappa shape index (κ3) is 3.02. The molecule has 0 spiro atoms. The second kappa shape index (κ2) is 6.29. The van der Waals surface area contributed by atoms with Gasteiger partial charge in [0.1, 0.15) is 0 Å². The molecule has 0 aromatic heterocycles. The highest BCUT2D eigenvalue weighted by Crippen LogP contribution is 2.29. The highest BCUT2D eigenvalue weighted by molar-refractivity contribution is 6.48. The minimum absolute atomic E-state index is 0.166. The fraction of sp³-hybridized carbons (Fsp3) is 0.222. The predicted octanol–water partition coefficient (Wildman–Crippen LogP) is 3.79. The Labute approximate surface area is 119 Å². The molecule has 20 heavy (non-hydrogen) atoms. The van der Waals surface area contributed by atoms with E-state index in [1.807, 2.05) is 18.2 Å². The molecular weight excluding hydrogens is 248 g/mol. The van der Waals surface area contributed by atoms with Crippen molar-refractivity contribution in [2.75, 3.05) is 0 Å². The van der Waals surface area contributed by atoms with Crippen LogP contribution in [0.2, 0.25) is 0 Å². The van der Waals surface area contributed by atoms with Crippen molar-refractivity contribution in [3.63, 3.8) is 0 Å². The van der Waals surface area contributed by atoms with E-state index in [0.717, 1.165) is 24.8 Å². The first-order chi connectivity index (χ1) is 9.63. The van der Waals surface area contributed by atoms with Crippen LogP contribution in [0.4, 0.5) is 0 Å². The Morgan fingerprint density at radius 3 is 2.75 bits per heavy atom. The van der Waals surface area contributed by atoms with E-state index in [9.17, 15) is 9.59 Å². The van der Waals surface area contributed by atoms with E-state index < -0.39 is 5.78 Å². The number of carbonyl (C=O) groups is 2. The second-order valence-electron chi connectivity index (χ2n) is 4.95. The van der Waals surface area contributed by atoms with Gasteiger partial charge in [-0.2, -0.15) is 0 Å². The lowest BCUT2D eigenvalue weighted by atomic mass is 9.92. The van der Waals surface area contributed by atoms with Crippen LogP contribution in [0.5, 0.6) is 0 Å². The fourth-order valence-electron chi connectivity index (χ4n) is 2.41. The van der Waals surface area contributed by atoms with Gasteiger partial charge in [0, 0.05) is 12.0 Å². The van der Waals surface area contributed by atoms with E-state index in [1.54, 1.807) is 6.08 Å². The van der Waals surface area contributed by atoms with Gasteiger partial charge in [-0.15, -0.1) is 0 Å². The Bertz CT molecular complexity index is 595. The maximum Gasteiger partial charge on any atom is 0.229 e. The zero-order valence-corrected chi connectivity index (χ0v) is 11.5. The molecule has 0 aliphatic heterocycles. The Balaban J connectivity index is 2.32. The summed E-state index contributed by atoms with van der Waals surface area (Å²) >= 11 is 0. The van der Waals surface area contributed by atoms with Crippen LogP contribution in [0.3, 0.4) is 0 Å². The van der Waals surface area contributed by atoms with Gasteiger partial charge < -0.3 is 0 Å². The van der Waals surface area contributed by atoms with E-state index in [4.69, 9.17) is 0 Å². The van der Waals surface area contributed by atoms with E-state index in [2.05, 4.69) is 25.3 Å². The van der Waals surface area contributed by atoms with Gasteiger partial charge in [0.25, 0.3) is 0 Å². The highest BCUT2D eigenvalue weighted by atomic mass is 16.2. The predicted molar refractivity (Wildman–Crippen MR) is 81.2 cm³/mol. The Morgan fingerprint density at radius 2 is 2.10 bits per heavy atom. The average Bonchev–Trinajstić information content (AvgIpc) is 2.67. The molecule has 0 atom stereocenters. The molecule has 0 aromatic carbocycles. The van der Waals surface area contributed by atoms with Gasteiger partial charge in [-0.1, -0.05) is 43.5 Å². The molecule has 0 saturated heterocycles. The first-order valence-electron chi connectivity index (χ1n) is 6.77. The topological polar surface area (TPSA) is 34.1 Å². The van der Waals surface area contributed by atoms with Crippen LogP contribution in [0.15, 0.2) is 71.9 Å². The second-order valence-corrected chi connectivity index (χ2v) is 4.95. The van der Waals surface area contributed by atoms with Crippen LogP contribution in [0, 0.1) is 0 Å². The number of rotatable bonds is 4. The molecule has 102 valence electrons. The molecule has 0 amide bonds. The molecule has 0 unspecified atom stereocenters. The molecule has 1 saturated carbocycles. The summed E-state index contributed by atoms with van der Waals surface area (Å²) in [7, 11) is 0. The van der Waals surface area contributed by atoms with Crippen LogP contribution >= 0.6 is 0 Å². The van der Waals surface area contributed by atoms with Gasteiger partial charge >= 0.3 is 0 Å². The van der Waals surface area contributed by atoms with Crippen molar-refractivity contribution in [1.82, 2.24) is 0 Å².